The zero-order chi connectivity index (χ0) is 32.8. The van der Waals surface area contributed by atoms with Gasteiger partial charge in [-0.05, 0) is 92.6 Å². The second-order valence-electron chi connectivity index (χ2n) is 13.1. The van der Waals surface area contributed by atoms with Gasteiger partial charge in [-0.25, -0.2) is 4.98 Å². The first-order chi connectivity index (χ1) is 22.0. The maximum atomic E-state index is 12.3. The minimum absolute atomic E-state index is 0.393. The number of benzene rings is 2. The van der Waals surface area contributed by atoms with Crippen molar-refractivity contribution < 1.29 is 19.4 Å². The molecule has 5 rings (SSSR count). The molecule has 0 saturated heterocycles. The van der Waals surface area contributed by atoms with Gasteiger partial charge in [-0.1, -0.05) is 44.2 Å². The number of carboxylic acid groups (broad SMARTS) is 1. The van der Waals surface area contributed by atoms with Crippen molar-refractivity contribution in [1.29, 1.82) is 0 Å². The maximum Gasteiger partial charge on any atom is 0.309 e. The van der Waals surface area contributed by atoms with Crippen LogP contribution in [0.3, 0.4) is 0 Å². The number of rotatable bonds is 14. The van der Waals surface area contributed by atoms with Crippen LogP contribution >= 0.6 is 0 Å². The van der Waals surface area contributed by atoms with Gasteiger partial charge < -0.3 is 19.1 Å². The van der Waals surface area contributed by atoms with E-state index >= 15 is 0 Å². The Morgan fingerprint density at radius 1 is 0.935 bits per heavy atom. The number of aliphatic carboxylic acids is 1. The lowest BCUT2D eigenvalue weighted by atomic mass is 9.85. The number of hydrogen-bond donors (Lipinski definition) is 1. The number of nitrogens with zero attached hydrogens (tertiary/aromatic N) is 3. The molecule has 46 heavy (non-hydrogen) atoms. The SMILES string of the molecule is CCOc1ccc(-c2ccc(Cn3c(CC(C)(C)C(=O)O)c(CC(C)C)c4cc(OCCc5ccc(C)cn5)ccc43)cc2)cn1. The molecule has 5 aromatic rings. The second-order valence-corrected chi connectivity index (χ2v) is 13.1. The summed E-state index contributed by atoms with van der Waals surface area (Å²) in [5, 5.41) is 11.2. The van der Waals surface area contributed by atoms with E-state index in [0.717, 1.165) is 63.1 Å². The molecule has 0 aliphatic carbocycles. The highest BCUT2D eigenvalue weighted by Crippen LogP contribution is 2.36. The van der Waals surface area contributed by atoms with E-state index in [9.17, 15) is 9.90 Å². The van der Waals surface area contributed by atoms with Gasteiger partial charge in [-0.3, -0.25) is 9.78 Å². The Hall–Kier alpha value is -4.65. The third-order valence-corrected chi connectivity index (χ3v) is 8.31. The van der Waals surface area contributed by atoms with Gasteiger partial charge >= 0.3 is 5.97 Å². The number of carboxylic acids is 1. The van der Waals surface area contributed by atoms with Gasteiger partial charge in [0, 0.05) is 65.7 Å². The molecule has 1 N–H and O–H groups in total. The molecule has 0 spiro atoms. The molecule has 0 unspecified atom stereocenters. The van der Waals surface area contributed by atoms with Crippen LogP contribution in [0.2, 0.25) is 0 Å². The fourth-order valence-corrected chi connectivity index (χ4v) is 5.75. The number of ether oxygens (including phenoxy) is 2. The molecule has 2 aromatic carbocycles. The monoisotopic (exact) mass is 619 g/mol. The van der Waals surface area contributed by atoms with Crippen LogP contribution in [0, 0.1) is 18.3 Å². The Morgan fingerprint density at radius 3 is 2.33 bits per heavy atom. The van der Waals surface area contributed by atoms with E-state index in [0.29, 0.717) is 38.0 Å². The zero-order valence-electron chi connectivity index (χ0n) is 27.8. The van der Waals surface area contributed by atoms with Crippen molar-refractivity contribution in [3.05, 3.63) is 107 Å². The predicted octanol–water partition coefficient (Wildman–Crippen LogP) is 8.33. The van der Waals surface area contributed by atoms with E-state index in [4.69, 9.17) is 9.47 Å². The summed E-state index contributed by atoms with van der Waals surface area (Å²) in [6.45, 7) is 13.7. The number of pyridine rings is 2. The number of aromatic nitrogens is 3. The van der Waals surface area contributed by atoms with Crippen LogP contribution in [0.25, 0.3) is 22.0 Å². The highest BCUT2D eigenvalue weighted by Gasteiger charge is 2.31. The number of carbonyl (C=O) groups is 1. The maximum absolute atomic E-state index is 12.3. The molecule has 0 aliphatic rings. The van der Waals surface area contributed by atoms with Gasteiger partial charge in [0.1, 0.15) is 5.75 Å². The zero-order valence-corrected chi connectivity index (χ0v) is 27.8. The third-order valence-electron chi connectivity index (χ3n) is 8.31. The molecule has 3 aromatic heterocycles. The Labute approximate surface area is 272 Å². The standard InChI is InChI=1S/C39H45N3O4/c1-7-45-37-17-13-30(24-41-37)29-11-9-28(10-12-29)25-42-35-16-15-32(46-19-18-31-14-8-27(4)23-40-31)21-34(35)33(20-26(2)3)36(42)22-39(5,6)38(43)44/h8-17,21,23-24,26H,7,18-20,22,25H2,1-6H3,(H,43,44). The van der Waals surface area contributed by atoms with E-state index in [2.05, 4.69) is 70.8 Å². The summed E-state index contributed by atoms with van der Waals surface area (Å²) < 4.78 is 14.0. The largest absolute Gasteiger partial charge is 0.493 e. The van der Waals surface area contributed by atoms with Crippen LogP contribution in [0.5, 0.6) is 11.6 Å². The Morgan fingerprint density at radius 2 is 1.70 bits per heavy atom. The fourth-order valence-electron chi connectivity index (χ4n) is 5.75. The molecule has 0 atom stereocenters. The number of fused-ring (bicyclic) bond motifs is 1. The van der Waals surface area contributed by atoms with Crippen molar-refractivity contribution in [3.8, 4) is 22.8 Å². The molecule has 0 fully saturated rings. The smallest absolute Gasteiger partial charge is 0.309 e. The normalized spacial score (nSPS) is 11.7. The highest BCUT2D eigenvalue weighted by atomic mass is 16.5. The molecule has 7 heteroatoms. The van der Waals surface area contributed by atoms with Crippen molar-refractivity contribution in [1.82, 2.24) is 14.5 Å². The molecular weight excluding hydrogens is 574 g/mol. The van der Waals surface area contributed by atoms with E-state index in [1.54, 1.807) is 0 Å². The Balaban J connectivity index is 1.49. The van der Waals surface area contributed by atoms with E-state index in [-0.39, 0.29) is 0 Å². The van der Waals surface area contributed by atoms with Gasteiger partial charge in [-0.2, -0.15) is 0 Å². The van der Waals surface area contributed by atoms with Crippen molar-refractivity contribution >= 4 is 16.9 Å². The van der Waals surface area contributed by atoms with Gasteiger partial charge in [-0.15, -0.1) is 0 Å². The Kier molecular flexibility index (Phi) is 10.1. The van der Waals surface area contributed by atoms with Gasteiger partial charge in [0.15, 0.2) is 0 Å². The summed E-state index contributed by atoms with van der Waals surface area (Å²) in [5.41, 5.74) is 7.79. The molecule has 0 saturated carbocycles. The minimum Gasteiger partial charge on any atom is -0.493 e. The second kappa shape index (κ2) is 14.2. The number of aryl methyl sites for hydroxylation is 1. The van der Waals surface area contributed by atoms with Crippen LogP contribution in [0.4, 0.5) is 0 Å². The fraction of sp³-hybridized carbons (Fsp3) is 0.359. The van der Waals surface area contributed by atoms with Gasteiger partial charge in [0.25, 0.3) is 0 Å². The molecule has 240 valence electrons. The summed E-state index contributed by atoms with van der Waals surface area (Å²) in [4.78, 5) is 21.2. The molecule has 0 amide bonds. The molecule has 0 bridgehead atoms. The van der Waals surface area contributed by atoms with Crippen LogP contribution in [-0.2, 0) is 30.6 Å². The first-order valence-electron chi connectivity index (χ1n) is 16.1. The van der Waals surface area contributed by atoms with Gasteiger partial charge in [0.2, 0.25) is 5.88 Å². The lowest BCUT2D eigenvalue weighted by Gasteiger charge is -2.22. The molecule has 0 radical (unpaired) electrons. The van der Waals surface area contributed by atoms with Crippen molar-refractivity contribution in [2.75, 3.05) is 13.2 Å². The quantitative estimate of drug-likeness (QED) is 0.135. The topological polar surface area (TPSA) is 86.5 Å². The minimum atomic E-state index is -0.928. The van der Waals surface area contributed by atoms with Gasteiger partial charge in [0.05, 0.1) is 18.6 Å². The molecule has 0 aliphatic heterocycles. The summed E-state index contributed by atoms with van der Waals surface area (Å²) in [6.07, 6.45) is 5.70. The summed E-state index contributed by atoms with van der Waals surface area (Å²) in [6, 6.07) is 22.8. The average Bonchev–Trinajstić information content (AvgIpc) is 3.29. The lowest BCUT2D eigenvalue weighted by Crippen LogP contribution is -2.28. The summed E-state index contributed by atoms with van der Waals surface area (Å²) in [7, 11) is 0. The Bertz CT molecular complexity index is 1770. The van der Waals surface area contributed by atoms with Crippen LogP contribution in [0.15, 0.2) is 79.1 Å². The molecular formula is C39H45N3O4. The van der Waals surface area contributed by atoms with Crippen molar-refractivity contribution in [2.45, 2.75) is 67.3 Å². The molecule has 3 heterocycles. The van der Waals surface area contributed by atoms with Crippen LogP contribution in [0.1, 0.15) is 62.7 Å². The van der Waals surface area contributed by atoms with E-state index in [1.807, 2.05) is 64.4 Å². The van der Waals surface area contributed by atoms with Crippen molar-refractivity contribution in [3.63, 3.8) is 0 Å². The van der Waals surface area contributed by atoms with Crippen LogP contribution in [-0.4, -0.2) is 38.8 Å². The summed E-state index contributed by atoms with van der Waals surface area (Å²) >= 11 is 0. The first-order valence-corrected chi connectivity index (χ1v) is 16.1. The van der Waals surface area contributed by atoms with E-state index in [1.165, 1.54) is 5.56 Å². The highest BCUT2D eigenvalue weighted by molar-refractivity contribution is 5.87. The average molecular weight is 620 g/mol. The van der Waals surface area contributed by atoms with Crippen LogP contribution < -0.4 is 9.47 Å². The summed E-state index contributed by atoms with van der Waals surface area (Å²) in [5.74, 6) is 1.01. The number of hydrogen-bond acceptors (Lipinski definition) is 5. The lowest BCUT2D eigenvalue weighted by molar-refractivity contribution is -0.146. The predicted molar refractivity (Wildman–Crippen MR) is 184 cm³/mol. The van der Waals surface area contributed by atoms with Crippen molar-refractivity contribution in [2.24, 2.45) is 11.3 Å². The molecule has 7 nitrogen and oxygen atoms in total. The first kappa shape index (κ1) is 32.7. The van der Waals surface area contributed by atoms with E-state index < -0.39 is 11.4 Å². The third kappa shape index (κ3) is 7.76.